The fourth-order valence-corrected chi connectivity index (χ4v) is 4.11. The van der Waals surface area contributed by atoms with Gasteiger partial charge >= 0.3 is 0 Å². The van der Waals surface area contributed by atoms with Crippen molar-refractivity contribution < 1.29 is 8.42 Å². The first kappa shape index (κ1) is 10.7. The van der Waals surface area contributed by atoms with E-state index >= 15 is 0 Å². The molecule has 0 aromatic carbocycles. The van der Waals surface area contributed by atoms with Crippen LogP contribution in [0.25, 0.3) is 0 Å². The summed E-state index contributed by atoms with van der Waals surface area (Å²) in [6, 6.07) is 0.0955. The maximum Gasteiger partial charge on any atom is 0.214 e. The highest BCUT2D eigenvalue weighted by Gasteiger charge is 2.39. The van der Waals surface area contributed by atoms with E-state index in [4.69, 9.17) is 11.6 Å². The van der Waals surface area contributed by atoms with Gasteiger partial charge in [0.25, 0.3) is 0 Å². The predicted octanol–water partition coefficient (Wildman–Crippen LogP) is 1.48. The van der Waals surface area contributed by atoms with Crippen molar-refractivity contribution in [2.24, 2.45) is 5.92 Å². The lowest BCUT2D eigenvalue weighted by molar-refractivity contribution is 0.480. The number of halogens is 1. The van der Waals surface area contributed by atoms with Crippen LogP contribution in [0.2, 0.25) is 0 Å². The molecule has 82 valence electrons. The summed E-state index contributed by atoms with van der Waals surface area (Å²) in [5.74, 6) is 0.905. The van der Waals surface area contributed by atoms with Gasteiger partial charge in [-0.05, 0) is 31.6 Å². The largest absolute Gasteiger partial charge is 0.214 e. The Hall–Kier alpha value is 0.200. The predicted molar refractivity (Wildman–Crippen MR) is 56.9 cm³/mol. The second-order valence-electron chi connectivity index (χ2n) is 4.31. The van der Waals surface area contributed by atoms with Gasteiger partial charge in [0.05, 0.1) is 5.25 Å². The smallest absolute Gasteiger partial charge is 0.212 e. The third kappa shape index (κ3) is 2.23. The zero-order valence-corrected chi connectivity index (χ0v) is 9.65. The van der Waals surface area contributed by atoms with Crippen LogP contribution in [0.4, 0.5) is 0 Å². The molecule has 2 aliphatic rings. The molecule has 2 fully saturated rings. The van der Waals surface area contributed by atoms with E-state index in [1.54, 1.807) is 0 Å². The highest BCUT2D eigenvalue weighted by Crippen LogP contribution is 2.31. The van der Waals surface area contributed by atoms with Crippen molar-refractivity contribution in [1.29, 1.82) is 0 Å². The number of sulfonamides is 1. The summed E-state index contributed by atoms with van der Waals surface area (Å²) in [5.41, 5.74) is 0. The molecule has 5 heteroatoms. The van der Waals surface area contributed by atoms with Gasteiger partial charge in [0.1, 0.15) is 0 Å². The van der Waals surface area contributed by atoms with Crippen LogP contribution in [0.3, 0.4) is 0 Å². The maximum absolute atomic E-state index is 11.7. The lowest BCUT2D eigenvalue weighted by Crippen LogP contribution is -2.39. The molecule has 2 rings (SSSR count). The van der Waals surface area contributed by atoms with Crippen molar-refractivity contribution >= 4 is 21.6 Å². The molecular weight excluding hydrogens is 222 g/mol. The molecule has 14 heavy (non-hydrogen) atoms. The lowest BCUT2D eigenvalue weighted by Gasteiger charge is -2.18. The number of hydrogen-bond acceptors (Lipinski definition) is 2. The molecule has 3 nitrogen and oxygen atoms in total. The highest BCUT2D eigenvalue weighted by atomic mass is 35.5. The van der Waals surface area contributed by atoms with Crippen LogP contribution in [-0.4, -0.2) is 25.6 Å². The summed E-state index contributed by atoms with van der Waals surface area (Å²) >= 11 is 5.79. The molecular formula is C9H16ClNO2S. The zero-order valence-electron chi connectivity index (χ0n) is 8.08. The van der Waals surface area contributed by atoms with Crippen molar-refractivity contribution in [3.05, 3.63) is 0 Å². The van der Waals surface area contributed by atoms with Gasteiger partial charge in [-0.3, -0.25) is 0 Å². The Balaban J connectivity index is 1.96. The standard InChI is InChI=1S/C9H16ClNO2S/c10-6-7-2-1-3-9(7)11-14(12,13)8-4-5-8/h7-9,11H,1-6H2. The first-order chi connectivity index (χ1) is 6.63. The Labute approximate surface area is 90.3 Å². The monoisotopic (exact) mass is 237 g/mol. The fraction of sp³-hybridized carbons (Fsp3) is 1.00. The van der Waals surface area contributed by atoms with Crippen molar-refractivity contribution in [1.82, 2.24) is 4.72 Å². The van der Waals surface area contributed by atoms with Crippen molar-refractivity contribution in [2.75, 3.05) is 5.88 Å². The first-order valence-corrected chi connectivity index (χ1v) is 7.28. The van der Waals surface area contributed by atoms with E-state index in [1.165, 1.54) is 0 Å². The third-order valence-corrected chi connectivity index (χ3v) is 5.51. The van der Waals surface area contributed by atoms with Gasteiger partial charge in [-0.25, -0.2) is 13.1 Å². The molecule has 0 spiro atoms. The van der Waals surface area contributed by atoms with Crippen molar-refractivity contribution in [3.8, 4) is 0 Å². The van der Waals surface area contributed by atoms with Gasteiger partial charge < -0.3 is 0 Å². The average Bonchev–Trinajstić information content (AvgIpc) is 2.89. The zero-order chi connectivity index (χ0) is 10.2. The van der Waals surface area contributed by atoms with Crippen LogP contribution in [0.1, 0.15) is 32.1 Å². The van der Waals surface area contributed by atoms with Crippen LogP contribution < -0.4 is 4.72 Å². The quantitative estimate of drug-likeness (QED) is 0.753. The SMILES string of the molecule is O=S(=O)(NC1CCCC1CCl)C1CC1. The van der Waals surface area contributed by atoms with E-state index in [9.17, 15) is 8.42 Å². The molecule has 0 aliphatic heterocycles. The van der Waals surface area contributed by atoms with Gasteiger partial charge in [0.15, 0.2) is 0 Å². The summed E-state index contributed by atoms with van der Waals surface area (Å²) in [7, 11) is -3.02. The van der Waals surface area contributed by atoms with E-state index in [1.807, 2.05) is 0 Å². The molecule has 0 heterocycles. The molecule has 0 aromatic rings. The van der Waals surface area contributed by atoms with E-state index in [-0.39, 0.29) is 11.3 Å². The molecule has 0 aromatic heterocycles. The summed E-state index contributed by atoms with van der Waals surface area (Å²) < 4.78 is 26.1. The number of alkyl halides is 1. The van der Waals surface area contributed by atoms with Crippen LogP contribution in [0, 0.1) is 5.92 Å². The Morgan fingerprint density at radius 3 is 2.50 bits per heavy atom. The molecule has 2 saturated carbocycles. The minimum absolute atomic E-state index is 0.0955. The molecule has 2 atom stereocenters. The Bertz CT molecular complexity index is 300. The van der Waals surface area contributed by atoms with Gasteiger partial charge in [-0.1, -0.05) is 6.42 Å². The van der Waals surface area contributed by atoms with Crippen molar-refractivity contribution in [2.45, 2.75) is 43.4 Å². The molecule has 2 unspecified atom stereocenters. The van der Waals surface area contributed by atoms with E-state index in [2.05, 4.69) is 4.72 Å². The Morgan fingerprint density at radius 1 is 1.21 bits per heavy atom. The second kappa shape index (κ2) is 3.99. The normalized spacial score (nSPS) is 33.5. The highest BCUT2D eigenvalue weighted by molar-refractivity contribution is 7.90. The molecule has 0 saturated heterocycles. The van der Waals surface area contributed by atoms with Gasteiger partial charge in [-0.2, -0.15) is 0 Å². The van der Waals surface area contributed by atoms with Crippen LogP contribution >= 0.6 is 11.6 Å². The molecule has 0 bridgehead atoms. The topological polar surface area (TPSA) is 46.2 Å². The third-order valence-electron chi connectivity index (χ3n) is 3.14. The Kier molecular flexibility index (Phi) is 3.05. The van der Waals surface area contributed by atoms with E-state index in [0.29, 0.717) is 11.8 Å². The van der Waals surface area contributed by atoms with E-state index < -0.39 is 10.0 Å². The molecule has 0 amide bonds. The van der Waals surface area contributed by atoms with Crippen LogP contribution in [0.5, 0.6) is 0 Å². The minimum Gasteiger partial charge on any atom is -0.212 e. The summed E-state index contributed by atoms with van der Waals surface area (Å²) in [4.78, 5) is 0. The summed E-state index contributed by atoms with van der Waals surface area (Å²) in [6.07, 6.45) is 4.75. The van der Waals surface area contributed by atoms with Gasteiger partial charge in [-0.15, -0.1) is 11.6 Å². The fourth-order valence-electron chi connectivity index (χ4n) is 2.06. The minimum atomic E-state index is -3.02. The second-order valence-corrected chi connectivity index (χ2v) is 6.61. The van der Waals surface area contributed by atoms with Gasteiger partial charge in [0, 0.05) is 11.9 Å². The van der Waals surface area contributed by atoms with Gasteiger partial charge in [0.2, 0.25) is 10.0 Å². The number of nitrogens with one attached hydrogen (secondary N) is 1. The summed E-state index contributed by atoms with van der Waals surface area (Å²) in [5, 5.41) is -0.112. The van der Waals surface area contributed by atoms with Crippen molar-refractivity contribution in [3.63, 3.8) is 0 Å². The number of rotatable bonds is 4. The molecule has 1 N–H and O–H groups in total. The lowest BCUT2D eigenvalue weighted by atomic mass is 10.1. The molecule has 2 aliphatic carbocycles. The van der Waals surface area contributed by atoms with Crippen LogP contribution in [0.15, 0.2) is 0 Å². The molecule has 0 radical (unpaired) electrons. The average molecular weight is 238 g/mol. The maximum atomic E-state index is 11.7. The summed E-state index contributed by atoms with van der Waals surface area (Å²) in [6.45, 7) is 0. The Morgan fingerprint density at radius 2 is 1.93 bits per heavy atom. The van der Waals surface area contributed by atoms with Crippen LogP contribution in [-0.2, 0) is 10.0 Å². The van der Waals surface area contributed by atoms with E-state index in [0.717, 1.165) is 32.1 Å². The first-order valence-electron chi connectivity index (χ1n) is 5.20. The number of hydrogen-bond donors (Lipinski definition) is 1.